The van der Waals surface area contributed by atoms with Crippen LogP contribution >= 0.6 is 0 Å². The average Bonchev–Trinajstić information content (AvgIpc) is 2.56. The molecule has 2 N–H and O–H groups in total. The number of benzene rings is 1. The molecule has 2 heteroatoms. The molecule has 0 spiro atoms. The third-order valence-corrected chi connectivity index (χ3v) is 3.43. The molecular formula is C12H16N2. The first-order valence-corrected chi connectivity index (χ1v) is 5.42. The van der Waals surface area contributed by atoms with Crippen LogP contribution in [0.2, 0.25) is 0 Å². The second-order valence-electron chi connectivity index (χ2n) is 4.44. The lowest BCUT2D eigenvalue weighted by atomic mass is 9.89. The van der Waals surface area contributed by atoms with Crippen LogP contribution in [-0.2, 0) is 0 Å². The second kappa shape index (κ2) is 2.99. The van der Waals surface area contributed by atoms with Crippen molar-refractivity contribution in [1.29, 1.82) is 0 Å². The van der Waals surface area contributed by atoms with E-state index in [0.717, 1.165) is 19.0 Å². The molecule has 0 aliphatic carbocycles. The lowest BCUT2D eigenvalue weighted by Crippen LogP contribution is -2.40. The minimum Gasteiger partial charge on any atom is -0.380 e. The third-order valence-electron chi connectivity index (χ3n) is 3.43. The van der Waals surface area contributed by atoms with Gasteiger partial charge >= 0.3 is 0 Å². The fraction of sp³-hybridized carbons (Fsp3) is 0.500. The summed E-state index contributed by atoms with van der Waals surface area (Å²) in [6.45, 7) is 4.45. The molecule has 0 amide bonds. The summed E-state index contributed by atoms with van der Waals surface area (Å²) < 4.78 is 0. The topological polar surface area (TPSA) is 24.1 Å². The largest absolute Gasteiger partial charge is 0.380 e. The molecule has 1 aromatic rings. The molecular weight excluding hydrogens is 172 g/mol. The first-order chi connectivity index (χ1) is 6.84. The summed E-state index contributed by atoms with van der Waals surface area (Å²) in [5, 5.41) is 7.04. The zero-order valence-corrected chi connectivity index (χ0v) is 8.51. The van der Waals surface area contributed by atoms with Gasteiger partial charge in [0, 0.05) is 24.2 Å². The van der Waals surface area contributed by atoms with Crippen molar-refractivity contribution >= 4 is 5.69 Å². The first-order valence-electron chi connectivity index (χ1n) is 5.42. The van der Waals surface area contributed by atoms with Crippen LogP contribution < -0.4 is 10.6 Å². The number of piperidine rings is 1. The molecule has 0 saturated carbocycles. The first kappa shape index (κ1) is 8.30. The Kier molecular flexibility index (Phi) is 1.77. The van der Waals surface area contributed by atoms with E-state index in [9.17, 15) is 0 Å². The Morgan fingerprint density at radius 1 is 1.36 bits per heavy atom. The van der Waals surface area contributed by atoms with Crippen molar-refractivity contribution in [3.8, 4) is 0 Å². The van der Waals surface area contributed by atoms with E-state index in [-0.39, 0.29) is 0 Å². The zero-order chi connectivity index (χ0) is 9.54. The Morgan fingerprint density at radius 3 is 3.21 bits per heavy atom. The molecule has 2 aliphatic heterocycles. The maximum Gasteiger partial charge on any atom is 0.0455 e. The van der Waals surface area contributed by atoms with Gasteiger partial charge in [0.15, 0.2) is 0 Å². The smallest absolute Gasteiger partial charge is 0.0455 e. The van der Waals surface area contributed by atoms with Crippen LogP contribution in [0.5, 0.6) is 0 Å². The minimum atomic E-state index is 0.626. The van der Waals surface area contributed by atoms with Gasteiger partial charge in [0.2, 0.25) is 0 Å². The van der Waals surface area contributed by atoms with E-state index >= 15 is 0 Å². The predicted molar refractivity (Wildman–Crippen MR) is 58.8 cm³/mol. The monoisotopic (exact) mass is 188 g/mol. The number of anilines is 1. The maximum absolute atomic E-state index is 3.60. The molecule has 1 fully saturated rings. The normalized spacial score (nSPS) is 29.2. The van der Waals surface area contributed by atoms with E-state index in [1.54, 1.807) is 0 Å². The standard InChI is InChI=1S/C12H16N2/c1-8-2-3-11-10(6-8)9-4-5-13-7-12(9)14-11/h2-3,6,9,12-14H,4-5,7H2,1H3. The van der Waals surface area contributed by atoms with Gasteiger partial charge in [-0.15, -0.1) is 0 Å². The predicted octanol–water partition coefficient (Wildman–Crippen LogP) is 1.87. The van der Waals surface area contributed by atoms with Crippen molar-refractivity contribution in [1.82, 2.24) is 5.32 Å². The van der Waals surface area contributed by atoms with E-state index in [2.05, 4.69) is 35.8 Å². The molecule has 2 aliphatic rings. The molecule has 0 aromatic heterocycles. The summed E-state index contributed by atoms with van der Waals surface area (Å²) in [4.78, 5) is 0. The SMILES string of the molecule is Cc1ccc2c(c1)C1CCNCC1N2. The van der Waals surface area contributed by atoms with Gasteiger partial charge in [-0.2, -0.15) is 0 Å². The molecule has 3 rings (SSSR count). The van der Waals surface area contributed by atoms with Crippen molar-refractivity contribution in [2.45, 2.75) is 25.3 Å². The highest BCUT2D eigenvalue weighted by Gasteiger charge is 2.33. The van der Waals surface area contributed by atoms with Crippen LogP contribution in [0.15, 0.2) is 18.2 Å². The zero-order valence-electron chi connectivity index (χ0n) is 8.51. The molecule has 2 heterocycles. The molecule has 1 saturated heterocycles. The Balaban J connectivity index is 2.02. The Bertz CT molecular complexity index is 359. The van der Waals surface area contributed by atoms with Gasteiger partial charge in [0.25, 0.3) is 0 Å². The number of aryl methyl sites for hydroxylation is 1. The number of rotatable bonds is 0. The van der Waals surface area contributed by atoms with Crippen LogP contribution in [0, 0.1) is 6.92 Å². The van der Waals surface area contributed by atoms with Crippen LogP contribution in [-0.4, -0.2) is 19.1 Å². The van der Waals surface area contributed by atoms with Crippen molar-refractivity contribution in [3.63, 3.8) is 0 Å². The fourth-order valence-corrected chi connectivity index (χ4v) is 2.70. The van der Waals surface area contributed by atoms with Crippen molar-refractivity contribution < 1.29 is 0 Å². The van der Waals surface area contributed by atoms with Gasteiger partial charge in [-0.25, -0.2) is 0 Å². The van der Waals surface area contributed by atoms with Gasteiger partial charge < -0.3 is 10.6 Å². The number of hydrogen-bond donors (Lipinski definition) is 2. The highest BCUT2D eigenvalue weighted by molar-refractivity contribution is 5.60. The lowest BCUT2D eigenvalue weighted by Gasteiger charge is -2.26. The summed E-state index contributed by atoms with van der Waals surface area (Å²) >= 11 is 0. The van der Waals surface area contributed by atoms with Crippen LogP contribution in [0.3, 0.4) is 0 Å². The molecule has 2 nitrogen and oxygen atoms in total. The van der Waals surface area contributed by atoms with Gasteiger partial charge in [0.1, 0.15) is 0 Å². The molecule has 2 atom stereocenters. The number of nitrogens with one attached hydrogen (secondary N) is 2. The number of fused-ring (bicyclic) bond motifs is 3. The van der Waals surface area contributed by atoms with Gasteiger partial charge in [0.05, 0.1) is 0 Å². The average molecular weight is 188 g/mol. The molecule has 1 aromatic carbocycles. The minimum absolute atomic E-state index is 0.626. The lowest BCUT2D eigenvalue weighted by molar-refractivity contribution is 0.439. The Hall–Kier alpha value is -1.02. The van der Waals surface area contributed by atoms with Gasteiger partial charge in [-0.05, 0) is 31.5 Å². The van der Waals surface area contributed by atoms with Crippen LogP contribution in [0.25, 0.3) is 0 Å². The molecule has 74 valence electrons. The van der Waals surface area contributed by atoms with E-state index in [4.69, 9.17) is 0 Å². The highest BCUT2D eigenvalue weighted by Crippen LogP contribution is 2.39. The number of hydrogen-bond acceptors (Lipinski definition) is 2. The van der Waals surface area contributed by atoms with Gasteiger partial charge in [-0.3, -0.25) is 0 Å². The van der Waals surface area contributed by atoms with Gasteiger partial charge in [-0.1, -0.05) is 17.7 Å². The molecule has 0 radical (unpaired) electrons. The summed E-state index contributed by atoms with van der Waals surface area (Å²) in [6.07, 6.45) is 1.27. The van der Waals surface area contributed by atoms with Crippen LogP contribution in [0.4, 0.5) is 5.69 Å². The maximum atomic E-state index is 3.60. The summed E-state index contributed by atoms with van der Waals surface area (Å²) in [5.74, 6) is 0.742. The van der Waals surface area contributed by atoms with Crippen molar-refractivity contribution in [2.24, 2.45) is 0 Å². The highest BCUT2D eigenvalue weighted by atomic mass is 15.0. The van der Waals surface area contributed by atoms with Crippen molar-refractivity contribution in [3.05, 3.63) is 29.3 Å². The molecule has 14 heavy (non-hydrogen) atoms. The summed E-state index contributed by atoms with van der Waals surface area (Å²) in [5.41, 5.74) is 4.27. The molecule has 2 unspecified atom stereocenters. The van der Waals surface area contributed by atoms with E-state index in [1.807, 2.05) is 0 Å². The fourth-order valence-electron chi connectivity index (χ4n) is 2.70. The quantitative estimate of drug-likeness (QED) is 0.649. The summed E-state index contributed by atoms with van der Waals surface area (Å²) in [6, 6.07) is 7.39. The van der Waals surface area contributed by atoms with Crippen LogP contribution in [0.1, 0.15) is 23.5 Å². The van der Waals surface area contributed by atoms with Crippen molar-refractivity contribution in [2.75, 3.05) is 18.4 Å². The Labute approximate surface area is 84.7 Å². The second-order valence-corrected chi connectivity index (χ2v) is 4.44. The molecule has 0 bridgehead atoms. The van der Waals surface area contributed by atoms with E-state index in [0.29, 0.717) is 6.04 Å². The van der Waals surface area contributed by atoms with E-state index < -0.39 is 0 Å². The summed E-state index contributed by atoms with van der Waals surface area (Å²) in [7, 11) is 0. The Morgan fingerprint density at radius 2 is 2.29 bits per heavy atom. The third kappa shape index (κ3) is 1.14. The van der Waals surface area contributed by atoms with E-state index in [1.165, 1.54) is 23.2 Å².